The van der Waals surface area contributed by atoms with Crippen LogP contribution in [0, 0.1) is 0 Å². The molecule has 0 bridgehead atoms. The molecule has 3 heteroatoms. The predicted molar refractivity (Wildman–Crippen MR) is 28.5 cm³/mol. The van der Waals surface area contributed by atoms with Gasteiger partial charge in [-0.05, 0) is 0 Å². The monoisotopic (exact) mass is 102 g/mol. The predicted octanol–water partition coefficient (Wildman–Crippen LogP) is 0.0542. The Bertz CT molecular complexity index is 34.6. The van der Waals surface area contributed by atoms with E-state index in [2.05, 4.69) is 17.4 Å². The van der Waals surface area contributed by atoms with Crippen LogP contribution in [0.3, 0.4) is 0 Å². The Hall–Kier alpha value is 0.234. The molecular weight excluding hydrogens is 94.2 g/mol. The Labute approximate surface area is 37.2 Å². The lowest BCUT2D eigenvalue weighted by atomic mass is 11.9. The zero-order valence-corrected chi connectivity index (χ0v) is 5.91. The summed E-state index contributed by atoms with van der Waals surface area (Å²) < 4.78 is 4.14. The maximum absolute atomic E-state index is 4.14. The van der Waals surface area contributed by atoms with Crippen molar-refractivity contribution < 1.29 is 0 Å². The van der Waals surface area contributed by atoms with Crippen LogP contribution in [0.5, 0.6) is 0 Å². The third kappa shape index (κ3) is 4.23. The van der Waals surface area contributed by atoms with Crippen molar-refractivity contribution in [2.75, 3.05) is 0 Å². The summed E-state index contributed by atoms with van der Waals surface area (Å²) in [5.74, 6) is 0. The minimum Gasteiger partial charge on any atom is -0.528 e. The van der Waals surface area contributed by atoms with Crippen molar-refractivity contribution in [1.29, 1.82) is 0 Å². The summed E-state index contributed by atoms with van der Waals surface area (Å²) in [5.41, 5.74) is 0. The van der Waals surface area contributed by atoms with Gasteiger partial charge in [-0.2, -0.15) is 0 Å². The fraction of sp³-hybridized carbons (Fsp3) is 1.00. The van der Waals surface area contributed by atoms with Crippen LogP contribution in [0.25, 0.3) is 0 Å². The second-order valence-electron chi connectivity index (χ2n) is 0.665. The Morgan fingerprint density at radius 3 is 2.40 bits per heavy atom. The number of nitrogens with zero attached hydrogens (tertiary/aromatic N) is 1. The maximum atomic E-state index is 4.14. The highest BCUT2D eigenvalue weighted by Crippen LogP contribution is 1.52. The Balaban J connectivity index is 2.62. The first-order valence-electron chi connectivity index (χ1n) is 1.67. The number of hydrogen-bond acceptors (Lipinski definition) is 1. The third-order valence-corrected chi connectivity index (χ3v) is 2.68. The highest BCUT2D eigenvalue weighted by atomic mass is 28.3. The van der Waals surface area contributed by atoms with Gasteiger partial charge in [0, 0.05) is 0 Å². The van der Waals surface area contributed by atoms with Crippen molar-refractivity contribution in [2.24, 2.45) is 4.30 Å². The van der Waals surface area contributed by atoms with Crippen LogP contribution < -0.4 is 0 Å². The van der Waals surface area contributed by atoms with E-state index in [1.807, 2.05) is 0 Å². The van der Waals surface area contributed by atoms with Gasteiger partial charge in [-0.3, -0.25) is 0 Å². The Kier molecular flexibility index (Phi) is 4.43. The highest BCUT2D eigenvalue weighted by molar-refractivity contribution is 6.40. The summed E-state index contributed by atoms with van der Waals surface area (Å²) in [6.45, 7) is 4.30. The van der Waals surface area contributed by atoms with Crippen molar-refractivity contribution in [1.82, 2.24) is 0 Å². The van der Waals surface area contributed by atoms with Crippen LogP contribution in [0.4, 0.5) is 0 Å². The zero-order valence-electron chi connectivity index (χ0n) is 3.60. The molecule has 30 valence electrons. The third-order valence-electron chi connectivity index (χ3n) is 0.298. The molecule has 0 aliphatic rings. The molecule has 0 aliphatic heterocycles. The Morgan fingerprint density at radius 2 is 2.40 bits per heavy atom. The van der Waals surface area contributed by atoms with Crippen molar-refractivity contribution in [3.05, 3.63) is 0 Å². The van der Waals surface area contributed by atoms with Gasteiger partial charge in [0.1, 0.15) is 0 Å². The fourth-order valence-electron chi connectivity index (χ4n) is 0.149. The molecule has 0 fully saturated rings. The van der Waals surface area contributed by atoms with Gasteiger partial charge in [0.15, 0.2) is 0 Å². The Morgan fingerprint density at radius 1 is 1.80 bits per heavy atom. The van der Waals surface area contributed by atoms with Gasteiger partial charge in [-0.25, -0.2) is 0 Å². The van der Waals surface area contributed by atoms with Crippen LogP contribution in [-0.2, 0) is 0 Å². The van der Waals surface area contributed by atoms with Crippen LogP contribution in [0.2, 0.25) is 13.1 Å². The van der Waals surface area contributed by atoms with Gasteiger partial charge in [0.25, 0.3) is 0 Å². The number of rotatable bonds is 1. The fourth-order valence-corrected chi connectivity index (χ4v) is 1.34. The first-order valence-corrected chi connectivity index (χ1v) is 5.01. The van der Waals surface area contributed by atoms with Crippen molar-refractivity contribution in [3.8, 4) is 0 Å². The van der Waals surface area contributed by atoms with Crippen LogP contribution in [0.15, 0.2) is 4.30 Å². The smallest absolute Gasteiger partial charge is 0.0850 e. The van der Waals surface area contributed by atoms with Gasteiger partial charge in [-0.15, -0.1) is 13.1 Å². The van der Waals surface area contributed by atoms with Crippen molar-refractivity contribution in [3.63, 3.8) is 0 Å². The first-order chi connectivity index (χ1) is 2.41. The highest BCUT2D eigenvalue weighted by Gasteiger charge is 1.38. The van der Waals surface area contributed by atoms with E-state index in [0.717, 1.165) is 0 Å². The molecule has 0 aromatic heterocycles. The van der Waals surface area contributed by atoms with E-state index in [1.54, 1.807) is 0 Å². The van der Waals surface area contributed by atoms with Crippen LogP contribution in [-0.4, -0.2) is 19.0 Å². The van der Waals surface area contributed by atoms with E-state index in [-0.39, 0.29) is 0 Å². The minimum atomic E-state index is 0.448. The molecule has 0 atom stereocenters. The molecule has 0 saturated carbocycles. The molecule has 0 aromatic carbocycles. The molecule has 0 aromatic rings. The lowest BCUT2D eigenvalue weighted by Crippen LogP contribution is -1.70. The molecule has 1 nitrogen and oxygen atoms in total. The molecule has 0 rings (SSSR count). The molecule has 0 N–H and O–H groups in total. The van der Waals surface area contributed by atoms with E-state index in [1.165, 1.54) is 0 Å². The molecule has 0 radical (unpaired) electrons. The lowest BCUT2D eigenvalue weighted by Gasteiger charge is -1.82. The average molecular weight is 102 g/mol. The summed E-state index contributed by atoms with van der Waals surface area (Å²) >= 11 is 0. The van der Waals surface area contributed by atoms with Gasteiger partial charge in [-0.1, -0.05) is 19.0 Å². The molecular formula is C2H8NSi2-. The SMILES string of the molecule is C[SiH]=N[SiH-]C. The molecule has 0 heterocycles. The molecule has 0 unspecified atom stereocenters. The van der Waals surface area contributed by atoms with Gasteiger partial charge >= 0.3 is 0 Å². The minimum absolute atomic E-state index is 0.448. The summed E-state index contributed by atoms with van der Waals surface area (Å²) in [5, 5.41) is 0. The lowest BCUT2D eigenvalue weighted by molar-refractivity contribution is 1.87. The second-order valence-corrected chi connectivity index (χ2v) is 2.89. The molecule has 0 amide bonds. The van der Waals surface area contributed by atoms with E-state index in [9.17, 15) is 0 Å². The van der Waals surface area contributed by atoms with Crippen LogP contribution in [0.1, 0.15) is 0 Å². The van der Waals surface area contributed by atoms with Crippen molar-refractivity contribution >= 4 is 19.0 Å². The van der Waals surface area contributed by atoms with Crippen molar-refractivity contribution in [2.45, 2.75) is 13.1 Å². The zero-order chi connectivity index (χ0) is 4.12. The summed E-state index contributed by atoms with van der Waals surface area (Å²) in [7, 11) is 0.896. The number of hydrogen-bond donors (Lipinski definition) is 0. The average Bonchev–Trinajstić information content (AvgIpc) is 1.41. The quantitative estimate of drug-likeness (QED) is 0.415. The van der Waals surface area contributed by atoms with Crippen LogP contribution >= 0.6 is 0 Å². The summed E-state index contributed by atoms with van der Waals surface area (Å²) in [6.07, 6.45) is 0. The largest absolute Gasteiger partial charge is 0.528 e. The first kappa shape index (κ1) is 5.23. The summed E-state index contributed by atoms with van der Waals surface area (Å²) in [4.78, 5) is 0. The second kappa shape index (κ2) is 4.23. The molecule has 0 spiro atoms. The summed E-state index contributed by atoms with van der Waals surface area (Å²) in [6, 6.07) is 0. The van der Waals surface area contributed by atoms with Gasteiger partial charge in [0.2, 0.25) is 0 Å². The van der Waals surface area contributed by atoms with Gasteiger partial charge < -0.3 is 4.30 Å². The maximum Gasteiger partial charge on any atom is -0.0850 e. The van der Waals surface area contributed by atoms with E-state index < -0.39 is 0 Å². The van der Waals surface area contributed by atoms with Gasteiger partial charge in [0.05, 0.1) is 0 Å². The van der Waals surface area contributed by atoms with E-state index in [4.69, 9.17) is 0 Å². The topological polar surface area (TPSA) is 12.4 Å². The van der Waals surface area contributed by atoms with E-state index in [0.29, 0.717) is 19.0 Å². The van der Waals surface area contributed by atoms with E-state index >= 15 is 0 Å². The molecule has 0 aliphatic carbocycles. The molecule has 5 heavy (non-hydrogen) atoms. The normalized spacial score (nSPS) is 9.20. The standard InChI is InChI=1S/C2H8NSi2/c1-4-3-5-2/h4-5H,1-2H3/q-1. The molecule has 0 saturated heterocycles.